The molecule has 1 aromatic rings. The number of pyridine rings is 1. The Morgan fingerprint density at radius 2 is 2.33 bits per heavy atom. The SMILES string of the molecule is COc1ncccc1NCCCCSC. The van der Waals surface area contributed by atoms with Gasteiger partial charge in [0.25, 0.3) is 0 Å². The first kappa shape index (κ1) is 12.2. The largest absolute Gasteiger partial charge is 0.480 e. The van der Waals surface area contributed by atoms with Gasteiger partial charge in [-0.25, -0.2) is 4.98 Å². The number of ether oxygens (including phenoxy) is 1. The lowest BCUT2D eigenvalue weighted by atomic mass is 10.3. The molecule has 0 radical (unpaired) electrons. The van der Waals surface area contributed by atoms with E-state index in [0.29, 0.717) is 5.88 Å². The Bertz CT molecular complexity index is 281. The lowest BCUT2D eigenvalue weighted by Gasteiger charge is -2.09. The quantitative estimate of drug-likeness (QED) is 0.725. The normalized spacial score (nSPS) is 10.0. The number of thioether (sulfide) groups is 1. The average molecular weight is 226 g/mol. The van der Waals surface area contributed by atoms with Gasteiger partial charge < -0.3 is 10.1 Å². The summed E-state index contributed by atoms with van der Waals surface area (Å²) < 4.78 is 5.15. The molecule has 0 saturated heterocycles. The van der Waals surface area contributed by atoms with E-state index in [9.17, 15) is 0 Å². The standard InChI is InChI=1S/C11H18N2OS/c1-14-11-10(6-5-8-13-11)12-7-3-4-9-15-2/h5-6,8,12H,3-4,7,9H2,1-2H3. The van der Waals surface area contributed by atoms with Crippen LogP contribution in [-0.2, 0) is 0 Å². The summed E-state index contributed by atoms with van der Waals surface area (Å²) in [5, 5.41) is 3.33. The third-order valence-electron chi connectivity index (χ3n) is 2.06. The van der Waals surface area contributed by atoms with Crippen molar-refractivity contribution in [3.8, 4) is 5.88 Å². The number of aromatic nitrogens is 1. The molecule has 1 N–H and O–H groups in total. The Hall–Kier alpha value is -0.900. The van der Waals surface area contributed by atoms with Gasteiger partial charge in [-0.3, -0.25) is 0 Å². The number of methoxy groups -OCH3 is 1. The molecule has 4 heteroatoms. The van der Waals surface area contributed by atoms with Crippen molar-refractivity contribution in [2.24, 2.45) is 0 Å². The van der Waals surface area contributed by atoms with Crippen LogP contribution < -0.4 is 10.1 Å². The van der Waals surface area contributed by atoms with Crippen molar-refractivity contribution in [3.63, 3.8) is 0 Å². The van der Waals surface area contributed by atoms with Crippen LogP contribution in [0, 0.1) is 0 Å². The highest BCUT2D eigenvalue weighted by Crippen LogP contribution is 2.19. The van der Waals surface area contributed by atoms with E-state index in [-0.39, 0.29) is 0 Å². The summed E-state index contributed by atoms with van der Waals surface area (Å²) in [6.07, 6.45) is 6.30. The van der Waals surface area contributed by atoms with Crippen molar-refractivity contribution in [3.05, 3.63) is 18.3 Å². The predicted molar refractivity (Wildman–Crippen MR) is 66.9 cm³/mol. The average Bonchev–Trinajstić information content (AvgIpc) is 2.29. The number of hydrogen-bond donors (Lipinski definition) is 1. The molecular weight excluding hydrogens is 208 g/mol. The van der Waals surface area contributed by atoms with Crippen LogP contribution in [0.3, 0.4) is 0 Å². The van der Waals surface area contributed by atoms with E-state index in [1.54, 1.807) is 13.3 Å². The zero-order chi connectivity index (χ0) is 10.9. The fourth-order valence-electron chi connectivity index (χ4n) is 1.28. The van der Waals surface area contributed by atoms with Crippen molar-refractivity contribution in [1.82, 2.24) is 4.98 Å². The molecule has 0 aliphatic rings. The Morgan fingerprint density at radius 3 is 3.07 bits per heavy atom. The molecule has 0 aromatic carbocycles. The molecule has 0 spiro atoms. The molecule has 0 aliphatic carbocycles. The summed E-state index contributed by atoms with van der Waals surface area (Å²) in [5.74, 6) is 1.90. The highest BCUT2D eigenvalue weighted by atomic mass is 32.2. The summed E-state index contributed by atoms with van der Waals surface area (Å²) in [6.45, 7) is 0.975. The lowest BCUT2D eigenvalue weighted by Crippen LogP contribution is -2.04. The third-order valence-corrected chi connectivity index (χ3v) is 2.75. The Labute approximate surface area is 95.6 Å². The van der Waals surface area contributed by atoms with Crippen LogP contribution in [0.5, 0.6) is 5.88 Å². The van der Waals surface area contributed by atoms with Gasteiger partial charge in [-0.05, 0) is 37.0 Å². The zero-order valence-corrected chi connectivity index (χ0v) is 10.1. The number of nitrogens with one attached hydrogen (secondary N) is 1. The molecular formula is C11H18N2OS. The van der Waals surface area contributed by atoms with Crippen LogP contribution in [0.25, 0.3) is 0 Å². The molecule has 0 atom stereocenters. The summed E-state index contributed by atoms with van der Waals surface area (Å²) in [5.41, 5.74) is 0.976. The lowest BCUT2D eigenvalue weighted by molar-refractivity contribution is 0.399. The summed E-state index contributed by atoms with van der Waals surface area (Å²) in [7, 11) is 1.64. The topological polar surface area (TPSA) is 34.1 Å². The van der Waals surface area contributed by atoms with Crippen molar-refractivity contribution < 1.29 is 4.74 Å². The molecule has 15 heavy (non-hydrogen) atoms. The Balaban J connectivity index is 2.30. The van der Waals surface area contributed by atoms with E-state index in [1.165, 1.54) is 18.6 Å². The summed E-state index contributed by atoms with van der Waals surface area (Å²) in [4.78, 5) is 4.12. The highest BCUT2D eigenvalue weighted by Gasteiger charge is 2.00. The Kier molecular flexibility index (Phi) is 6.00. The second-order valence-electron chi connectivity index (χ2n) is 3.19. The molecule has 0 fully saturated rings. The van der Waals surface area contributed by atoms with E-state index in [0.717, 1.165) is 12.2 Å². The zero-order valence-electron chi connectivity index (χ0n) is 9.32. The molecule has 0 amide bonds. The second kappa shape index (κ2) is 7.40. The molecule has 0 saturated carbocycles. The molecule has 0 aliphatic heterocycles. The fraction of sp³-hybridized carbons (Fsp3) is 0.545. The molecule has 0 bridgehead atoms. The highest BCUT2D eigenvalue weighted by molar-refractivity contribution is 7.98. The van der Waals surface area contributed by atoms with Gasteiger partial charge in [0.05, 0.1) is 12.8 Å². The Morgan fingerprint density at radius 1 is 1.47 bits per heavy atom. The fourth-order valence-corrected chi connectivity index (χ4v) is 1.78. The molecule has 3 nitrogen and oxygen atoms in total. The maximum Gasteiger partial charge on any atom is 0.237 e. The minimum absolute atomic E-state index is 0.669. The maximum absolute atomic E-state index is 5.15. The monoisotopic (exact) mass is 226 g/mol. The number of nitrogens with zero attached hydrogens (tertiary/aromatic N) is 1. The van der Waals surface area contributed by atoms with E-state index in [1.807, 2.05) is 23.9 Å². The van der Waals surface area contributed by atoms with E-state index in [4.69, 9.17) is 4.74 Å². The molecule has 1 heterocycles. The smallest absolute Gasteiger partial charge is 0.237 e. The molecule has 0 unspecified atom stereocenters. The number of rotatable bonds is 7. The van der Waals surface area contributed by atoms with Crippen LogP contribution >= 0.6 is 11.8 Å². The van der Waals surface area contributed by atoms with Crippen LogP contribution in [0.4, 0.5) is 5.69 Å². The minimum Gasteiger partial charge on any atom is -0.480 e. The van der Waals surface area contributed by atoms with E-state index >= 15 is 0 Å². The molecule has 84 valence electrons. The van der Waals surface area contributed by atoms with E-state index in [2.05, 4.69) is 16.6 Å². The van der Waals surface area contributed by atoms with Crippen molar-refractivity contribution >= 4 is 17.4 Å². The van der Waals surface area contributed by atoms with Crippen LogP contribution in [0.15, 0.2) is 18.3 Å². The summed E-state index contributed by atoms with van der Waals surface area (Å²) in [6, 6.07) is 3.90. The van der Waals surface area contributed by atoms with Gasteiger partial charge in [-0.15, -0.1) is 0 Å². The minimum atomic E-state index is 0.669. The number of unbranched alkanes of at least 4 members (excludes halogenated alkanes) is 1. The van der Waals surface area contributed by atoms with E-state index < -0.39 is 0 Å². The van der Waals surface area contributed by atoms with Gasteiger partial charge in [0.2, 0.25) is 5.88 Å². The van der Waals surface area contributed by atoms with Crippen molar-refractivity contribution in [1.29, 1.82) is 0 Å². The third kappa shape index (κ3) is 4.42. The van der Waals surface area contributed by atoms with Gasteiger partial charge in [-0.2, -0.15) is 11.8 Å². The molecule has 1 rings (SSSR count). The van der Waals surface area contributed by atoms with Gasteiger partial charge in [0, 0.05) is 12.7 Å². The van der Waals surface area contributed by atoms with Gasteiger partial charge in [-0.1, -0.05) is 0 Å². The van der Waals surface area contributed by atoms with Crippen LogP contribution in [-0.4, -0.2) is 30.6 Å². The van der Waals surface area contributed by atoms with Crippen molar-refractivity contribution in [2.75, 3.05) is 31.0 Å². The summed E-state index contributed by atoms with van der Waals surface area (Å²) >= 11 is 1.89. The van der Waals surface area contributed by atoms with Gasteiger partial charge in [0.15, 0.2) is 0 Å². The second-order valence-corrected chi connectivity index (χ2v) is 4.17. The number of hydrogen-bond acceptors (Lipinski definition) is 4. The first-order chi connectivity index (χ1) is 7.38. The number of anilines is 1. The van der Waals surface area contributed by atoms with Gasteiger partial charge >= 0.3 is 0 Å². The molecule has 1 aromatic heterocycles. The first-order valence-electron chi connectivity index (χ1n) is 5.10. The van der Waals surface area contributed by atoms with Gasteiger partial charge in [0.1, 0.15) is 0 Å². The van der Waals surface area contributed by atoms with Crippen LogP contribution in [0.2, 0.25) is 0 Å². The van der Waals surface area contributed by atoms with Crippen molar-refractivity contribution in [2.45, 2.75) is 12.8 Å². The predicted octanol–water partition coefficient (Wildman–Crippen LogP) is 2.65. The first-order valence-corrected chi connectivity index (χ1v) is 6.49. The van der Waals surface area contributed by atoms with Crippen LogP contribution in [0.1, 0.15) is 12.8 Å². The maximum atomic E-state index is 5.15.